The van der Waals surface area contributed by atoms with Gasteiger partial charge in [-0.05, 0) is 24.3 Å². The quantitative estimate of drug-likeness (QED) is 0.0764. The molecule has 244 valence electrons. The van der Waals surface area contributed by atoms with Gasteiger partial charge in [0.25, 0.3) is 0 Å². The van der Waals surface area contributed by atoms with Crippen LogP contribution >= 0.6 is 7.82 Å². The zero-order valence-electron chi connectivity index (χ0n) is 26.7. The summed E-state index contributed by atoms with van der Waals surface area (Å²) in [5, 5.41) is 3.25. The maximum absolute atomic E-state index is 14.3. The summed E-state index contributed by atoms with van der Waals surface area (Å²) in [4.78, 5) is 18.5. The Hall–Kier alpha value is -4.07. The number of fused-ring (bicyclic) bond motifs is 1. The molecule has 0 aliphatic heterocycles. The highest BCUT2D eigenvalue weighted by molar-refractivity contribution is 7.48. The number of hydrogen-bond donors (Lipinski definition) is 0. The van der Waals surface area contributed by atoms with Crippen molar-refractivity contribution in [3.05, 3.63) is 54.1 Å². The Kier molecular flexibility index (Phi) is 11.1. The predicted octanol–water partition coefficient (Wildman–Crippen LogP) is 5.92. The molecule has 0 radical (unpaired) electrons. The van der Waals surface area contributed by atoms with E-state index in [2.05, 4.69) is 4.98 Å². The Labute approximate surface area is 261 Å². The number of imidazole rings is 1. The summed E-state index contributed by atoms with van der Waals surface area (Å²) in [7, 11) is 1.45. The largest absolute Gasteiger partial charge is 0.564 e. The average Bonchev–Trinajstić information content (AvgIpc) is 3.74. The van der Waals surface area contributed by atoms with Gasteiger partial charge in [0.1, 0.15) is 6.33 Å². The third-order valence-electron chi connectivity index (χ3n) is 6.92. The molecular weight excluding hydrogens is 607 g/mol. The van der Waals surface area contributed by atoms with E-state index in [9.17, 15) is 9.36 Å². The molecule has 0 aliphatic rings. The summed E-state index contributed by atoms with van der Waals surface area (Å²) in [6.07, 6.45) is 4.65. The highest BCUT2D eigenvalue weighted by Gasteiger charge is 2.38. The van der Waals surface area contributed by atoms with Gasteiger partial charge in [0.15, 0.2) is 28.6 Å². The molecule has 0 aliphatic carbocycles. The molecule has 4 rings (SSSR count). The van der Waals surface area contributed by atoms with Crippen LogP contribution in [-0.4, -0.2) is 80.1 Å². The van der Waals surface area contributed by atoms with Gasteiger partial charge in [-0.1, -0.05) is 27.7 Å². The van der Waals surface area contributed by atoms with E-state index in [-0.39, 0.29) is 34.1 Å². The second-order valence-corrected chi connectivity index (χ2v) is 10.8. The number of rotatable bonds is 17. The van der Waals surface area contributed by atoms with Gasteiger partial charge in [-0.2, -0.15) is 19.4 Å². The van der Waals surface area contributed by atoms with Crippen molar-refractivity contribution in [1.29, 1.82) is 0 Å². The summed E-state index contributed by atoms with van der Waals surface area (Å²) < 4.78 is 61.8. The average molecular weight is 647 g/mol. The van der Waals surface area contributed by atoms with Crippen molar-refractivity contribution in [2.24, 2.45) is 0 Å². The third-order valence-corrected chi connectivity index (χ3v) is 8.18. The van der Waals surface area contributed by atoms with Gasteiger partial charge in [-0.25, -0.2) is 9.55 Å². The van der Waals surface area contributed by atoms with E-state index in [0.29, 0.717) is 48.8 Å². The fraction of sp³-hybridized carbons (Fsp3) is 0.400. The Bertz CT molecular complexity index is 1610. The number of phosphoric acid groups is 1. The number of benzene rings is 2. The minimum atomic E-state index is -4.38. The van der Waals surface area contributed by atoms with Crippen LogP contribution in [0, 0.1) is 0 Å². The van der Waals surface area contributed by atoms with Crippen LogP contribution in [0.25, 0.3) is 16.9 Å². The van der Waals surface area contributed by atoms with Gasteiger partial charge in [0, 0.05) is 49.5 Å². The molecule has 0 saturated carbocycles. The topological polar surface area (TPSA) is 136 Å². The van der Waals surface area contributed by atoms with E-state index in [4.69, 9.17) is 37.1 Å². The first-order chi connectivity index (χ1) is 21.7. The SMILES string of the molecule is CCN(CC)OP(=O)(Oc1c(OC)ccc2c(C(=O)c3cc(OC)c(OC)c(OC)c3)c(-n3ccnc3)oc12)ON(CC)CC. The summed E-state index contributed by atoms with van der Waals surface area (Å²) in [5.41, 5.74) is 0.460. The molecule has 4 aromatic rings. The summed E-state index contributed by atoms with van der Waals surface area (Å²) in [6.45, 7) is 9.01. The number of hydrogen-bond acceptors (Lipinski definition) is 13. The van der Waals surface area contributed by atoms with Crippen LogP contribution in [0.1, 0.15) is 43.6 Å². The second-order valence-electron chi connectivity index (χ2n) is 9.40. The molecule has 0 bridgehead atoms. The van der Waals surface area contributed by atoms with Crippen molar-refractivity contribution >= 4 is 24.6 Å². The van der Waals surface area contributed by atoms with Crippen LogP contribution in [0.15, 0.2) is 47.4 Å². The van der Waals surface area contributed by atoms with Crippen LogP contribution in [0.3, 0.4) is 0 Å². The highest BCUT2D eigenvalue weighted by Crippen LogP contribution is 2.55. The number of nitrogens with zero attached hydrogens (tertiary/aromatic N) is 4. The first kappa shape index (κ1) is 33.8. The molecule has 15 heteroatoms. The van der Waals surface area contributed by atoms with Crippen molar-refractivity contribution in [3.63, 3.8) is 0 Å². The van der Waals surface area contributed by atoms with Gasteiger partial charge in [-0.3, -0.25) is 9.36 Å². The monoisotopic (exact) mass is 646 g/mol. The standard InChI is InChI=1S/C30H39N4O10P/c1-9-33(10-2)43-45(36,44-34(11-3)12-4)42-29-22(37-5)14-13-21-25(30(41-27(21)29)32-16-15-31-19-32)26(35)20-17-23(38-6)28(40-8)24(18-20)39-7/h13-19H,9-12H2,1-8H3. The maximum atomic E-state index is 14.3. The second kappa shape index (κ2) is 14.8. The molecule has 45 heavy (non-hydrogen) atoms. The third kappa shape index (κ3) is 6.95. The van der Waals surface area contributed by atoms with Crippen molar-refractivity contribution in [2.45, 2.75) is 27.7 Å². The number of ketones is 1. The normalized spacial score (nSPS) is 11.8. The van der Waals surface area contributed by atoms with E-state index in [1.54, 1.807) is 41.2 Å². The smallest absolute Gasteiger partial charge is 0.493 e. The number of methoxy groups -OCH3 is 4. The molecule has 0 spiro atoms. The zero-order chi connectivity index (χ0) is 32.7. The van der Waals surface area contributed by atoms with Crippen molar-refractivity contribution in [2.75, 3.05) is 54.6 Å². The lowest BCUT2D eigenvalue weighted by atomic mass is 10.0. The molecule has 0 N–H and O–H groups in total. The number of aromatic nitrogens is 2. The molecule has 2 aromatic heterocycles. The number of hydroxylamine groups is 4. The van der Waals surface area contributed by atoms with E-state index < -0.39 is 13.6 Å². The fourth-order valence-electron chi connectivity index (χ4n) is 4.61. The van der Waals surface area contributed by atoms with Crippen molar-refractivity contribution in [1.82, 2.24) is 19.7 Å². The van der Waals surface area contributed by atoms with Gasteiger partial charge in [-0.15, -0.1) is 0 Å². The number of carbonyl (C=O) groups excluding carboxylic acids is 1. The molecule has 0 saturated heterocycles. The Morgan fingerprint density at radius 3 is 1.89 bits per heavy atom. The van der Waals surface area contributed by atoms with E-state index in [0.717, 1.165) is 0 Å². The molecule has 14 nitrogen and oxygen atoms in total. The lowest BCUT2D eigenvalue weighted by Gasteiger charge is -2.28. The Balaban J connectivity index is 1.96. The molecule has 0 amide bonds. The fourth-order valence-corrected chi connectivity index (χ4v) is 6.13. The van der Waals surface area contributed by atoms with Crippen LogP contribution in [-0.2, 0) is 13.8 Å². The zero-order valence-corrected chi connectivity index (χ0v) is 27.6. The summed E-state index contributed by atoms with van der Waals surface area (Å²) in [5.74, 6) is 0.714. The first-order valence-electron chi connectivity index (χ1n) is 14.4. The molecule has 0 fully saturated rings. The van der Waals surface area contributed by atoms with E-state index >= 15 is 0 Å². The van der Waals surface area contributed by atoms with Crippen LogP contribution in [0.2, 0.25) is 0 Å². The highest BCUT2D eigenvalue weighted by atomic mass is 31.2. The molecule has 0 unspecified atom stereocenters. The first-order valence-corrected chi connectivity index (χ1v) is 15.8. The number of carbonyl (C=O) groups is 1. The molecule has 2 heterocycles. The summed E-state index contributed by atoms with van der Waals surface area (Å²) in [6, 6.07) is 6.32. The lowest BCUT2D eigenvalue weighted by molar-refractivity contribution is -0.131. The minimum absolute atomic E-state index is 0.0698. The van der Waals surface area contributed by atoms with Gasteiger partial charge in [0.05, 0.1) is 34.0 Å². The van der Waals surface area contributed by atoms with Crippen LogP contribution < -0.4 is 23.5 Å². The van der Waals surface area contributed by atoms with Gasteiger partial charge in [0.2, 0.25) is 17.4 Å². The van der Waals surface area contributed by atoms with Crippen molar-refractivity contribution < 1.29 is 46.5 Å². The maximum Gasteiger partial charge on any atom is 0.564 e. The van der Waals surface area contributed by atoms with Crippen molar-refractivity contribution in [3.8, 4) is 34.6 Å². The predicted molar refractivity (Wildman–Crippen MR) is 166 cm³/mol. The Morgan fingerprint density at radius 2 is 1.42 bits per heavy atom. The van der Waals surface area contributed by atoms with Gasteiger partial charge >= 0.3 is 7.82 Å². The molecule has 0 atom stereocenters. The van der Waals surface area contributed by atoms with E-state index in [1.807, 2.05) is 27.7 Å². The number of ether oxygens (including phenoxy) is 4. The number of furan rings is 1. The molecular formula is C30H39N4O10P. The lowest BCUT2D eigenvalue weighted by Crippen LogP contribution is -2.28. The molecule has 2 aromatic carbocycles. The van der Waals surface area contributed by atoms with E-state index in [1.165, 1.54) is 44.9 Å². The minimum Gasteiger partial charge on any atom is -0.493 e. The Morgan fingerprint density at radius 1 is 0.844 bits per heavy atom. The summed E-state index contributed by atoms with van der Waals surface area (Å²) >= 11 is 0. The van der Waals surface area contributed by atoms with Crippen LogP contribution in [0.4, 0.5) is 0 Å². The van der Waals surface area contributed by atoms with Gasteiger partial charge < -0.3 is 27.9 Å². The van der Waals surface area contributed by atoms with Crippen LogP contribution in [0.5, 0.6) is 28.7 Å².